The van der Waals surface area contributed by atoms with Gasteiger partial charge in [0.25, 0.3) is 0 Å². The maximum absolute atomic E-state index is 5.71. The third kappa shape index (κ3) is 5.54. The predicted octanol–water partition coefficient (Wildman–Crippen LogP) is 4.55. The smallest absolute Gasteiger partial charge is 0.0139 e. The van der Waals surface area contributed by atoms with Gasteiger partial charge in [0.2, 0.25) is 0 Å². The number of hydrogen-bond acceptors (Lipinski definition) is 1. The molecule has 2 N–H and O–H groups in total. The lowest BCUT2D eigenvalue weighted by atomic mass is 9.68. The van der Waals surface area contributed by atoms with Crippen molar-refractivity contribution < 1.29 is 0 Å². The Labute approximate surface area is 108 Å². The molecule has 0 fully saturated rings. The van der Waals surface area contributed by atoms with E-state index in [1.165, 1.54) is 5.57 Å². The normalized spacial score (nSPS) is 12.9. The number of nitrogens with two attached hydrogens (primary N) is 1. The topological polar surface area (TPSA) is 26.0 Å². The van der Waals surface area contributed by atoms with Gasteiger partial charge in [-0.2, -0.15) is 0 Å². The van der Waals surface area contributed by atoms with Crippen molar-refractivity contribution in [2.24, 2.45) is 22.5 Å². The molecular weight excluding hydrogens is 206 g/mol. The van der Waals surface area contributed by atoms with Gasteiger partial charge in [-0.05, 0) is 29.6 Å². The summed E-state index contributed by atoms with van der Waals surface area (Å²) in [5.41, 5.74) is 8.55. The average molecular weight is 237 g/mol. The van der Waals surface area contributed by atoms with E-state index in [1.54, 1.807) is 0 Å². The van der Waals surface area contributed by atoms with Gasteiger partial charge in [0.05, 0.1) is 0 Å². The maximum atomic E-state index is 5.71. The Balaban J connectivity index is 4.64. The van der Waals surface area contributed by atoms with E-state index in [1.807, 2.05) is 0 Å². The van der Waals surface area contributed by atoms with Crippen molar-refractivity contribution in [3.05, 3.63) is 24.3 Å². The lowest BCUT2D eigenvalue weighted by Crippen LogP contribution is -2.28. The zero-order chi connectivity index (χ0) is 13.9. The third-order valence-corrected chi connectivity index (χ3v) is 3.65. The van der Waals surface area contributed by atoms with E-state index in [0.29, 0.717) is 12.5 Å². The summed E-state index contributed by atoms with van der Waals surface area (Å²) in [6.45, 7) is 22.4. The highest BCUT2D eigenvalue weighted by molar-refractivity contribution is 5.11. The van der Waals surface area contributed by atoms with Crippen molar-refractivity contribution in [3.8, 4) is 0 Å². The molecule has 0 aromatic heterocycles. The zero-order valence-electron chi connectivity index (χ0n) is 12.7. The standard InChI is InChI=1S/C16H31N/c1-12(2)13(3)9-15(5,6)11-16(7,8)14(4)10-17/h12H,3-4,9-11,17H2,1-2,5-8H3. The fourth-order valence-corrected chi connectivity index (χ4v) is 2.48. The summed E-state index contributed by atoms with van der Waals surface area (Å²) in [5.74, 6) is 0.565. The molecule has 100 valence electrons. The molecule has 0 amide bonds. The van der Waals surface area contributed by atoms with Gasteiger partial charge in [-0.25, -0.2) is 0 Å². The van der Waals surface area contributed by atoms with Crippen LogP contribution >= 0.6 is 0 Å². The van der Waals surface area contributed by atoms with Crippen LogP contribution in [0.1, 0.15) is 54.4 Å². The summed E-state index contributed by atoms with van der Waals surface area (Å²) in [4.78, 5) is 0. The molecule has 0 aromatic rings. The fraction of sp³-hybridized carbons (Fsp3) is 0.750. The molecule has 0 radical (unpaired) electrons. The van der Waals surface area contributed by atoms with Gasteiger partial charge in [0.1, 0.15) is 0 Å². The Morgan fingerprint density at radius 1 is 1.12 bits per heavy atom. The van der Waals surface area contributed by atoms with E-state index >= 15 is 0 Å². The summed E-state index contributed by atoms with van der Waals surface area (Å²) in [5, 5.41) is 0. The van der Waals surface area contributed by atoms with Crippen molar-refractivity contribution >= 4 is 0 Å². The zero-order valence-corrected chi connectivity index (χ0v) is 12.7. The van der Waals surface area contributed by atoms with E-state index < -0.39 is 0 Å². The van der Waals surface area contributed by atoms with Gasteiger partial charge >= 0.3 is 0 Å². The SMILES string of the molecule is C=C(CC(C)(C)CC(C)(C)C(=C)CN)C(C)C. The van der Waals surface area contributed by atoms with Crippen molar-refractivity contribution in [3.63, 3.8) is 0 Å². The second-order valence-corrected chi connectivity index (χ2v) is 7.02. The van der Waals surface area contributed by atoms with E-state index in [2.05, 4.69) is 54.7 Å². The van der Waals surface area contributed by atoms with E-state index in [9.17, 15) is 0 Å². The van der Waals surface area contributed by atoms with Crippen LogP contribution < -0.4 is 5.73 Å². The van der Waals surface area contributed by atoms with Crippen LogP contribution in [0.25, 0.3) is 0 Å². The minimum absolute atomic E-state index is 0.107. The molecule has 0 aromatic carbocycles. The molecule has 0 aliphatic carbocycles. The first-order valence-electron chi connectivity index (χ1n) is 6.58. The second kappa shape index (κ2) is 5.86. The monoisotopic (exact) mass is 237 g/mol. The average Bonchev–Trinajstić information content (AvgIpc) is 2.13. The molecule has 0 heterocycles. The Kier molecular flexibility index (Phi) is 5.67. The molecule has 0 atom stereocenters. The van der Waals surface area contributed by atoms with Crippen molar-refractivity contribution in [2.75, 3.05) is 6.54 Å². The summed E-state index contributed by atoms with van der Waals surface area (Å²) < 4.78 is 0. The van der Waals surface area contributed by atoms with E-state index in [0.717, 1.165) is 18.4 Å². The first-order chi connectivity index (χ1) is 7.52. The minimum atomic E-state index is 0.107. The van der Waals surface area contributed by atoms with Crippen LogP contribution in [0, 0.1) is 16.7 Å². The molecule has 0 spiro atoms. The summed E-state index contributed by atoms with van der Waals surface area (Å²) in [7, 11) is 0. The Bertz CT molecular complexity index is 282. The molecule has 0 aliphatic rings. The molecule has 0 bridgehead atoms. The molecule has 0 rings (SSSR count). The van der Waals surface area contributed by atoms with Gasteiger partial charge in [-0.1, -0.05) is 65.8 Å². The van der Waals surface area contributed by atoms with Gasteiger partial charge < -0.3 is 5.73 Å². The Morgan fingerprint density at radius 3 is 1.94 bits per heavy atom. The van der Waals surface area contributed by atoms with Gasteiger partial charge in [0, 0.05) is 6.54 Å². The van der Waals surface area contributed by atoms with Crippen LogP contribution in [0.15, 0.2) is 24.3 Å². The first-order valence-corrected chi connectivity index (χ1v) is 6.58. The van der Waals surface area contributed by atoms with Crippen molar-refractivity contribution in [1.82, 2.24) is 0 Å². The van der Waals surface area contributed by atoms with Crippen molar-refractivity contribution in [2.45, 2.75) is 54.4 Å². The molecule has 1 heteroatoms. The molecule has 0 saturated carbocycles. The van der Waals surface area contributed by atoms with E-state index in [4.69, 9.17) is 5.73 Å². The minimum Gasteiger partial charge on any atom is -0.327 e. The van der Waals surface area contributed by atoms with Gasteiger partial charge in [0.15, 0.2) is 0 Å². The number of allylic oxidation sites excluding steroid dienone is 1. The molecule has 0 saturated heterocycles. The lowest BCUT2D eigenvalue weighted by molar-refractivity contribution is 0.220. The molecule has 0 unspecified atom stereocenters. The second-order valence-electron chi connectivity index (χ2n) is 7.02. The van der Waals surface area contributed by atoms with Crippen LogP contribution in [-0.4, -0.2) is 6.54 Å². The van der Waals surface area contributed by atoms with Crippen LogP contribution in [-0.2, 0) is 0 Å². The Hall–Kier alpha value is -0.560. The van der Waals surface area contributed by atoms with Crippen LogP contribution in [0.5, 0.6) is 0 Å². The van der Waals surface area contributed by atoms with E-state index in [-0.39, 0.29) is 10.8 Å². The molecule has 0 aliphatic heterocycles. The molecule has 1 nitrogen and oxygen atoms in total. The molecule has 17 heavy (non-hydrogen) atoms. The number of hydrogen-bond donors (Lipinski definition) is 1. The number of rotatable bonds is 7. The summed E-state index contributed by atoms with van der Waals surface area (Å²) >= 11 is 0. The largest absolute Gasteiger partial charge is 0.327 e. The third-order valence-electron chi connectivity index (χ3n) is 3.65. The van der Waals surface area contributed by atoms with Crippen LogP contribution in [0.4, 0.5) is 0 Å². The Morgan fingerprint density at radius 2 is 1.59 bits per heavy atom. The van der Waals surface area contributed by atoms with Crippen LogP contribution in [0.3, 0.4) is 0 Å². The highest BCUT2D eigenvalue weighted by Crippen LogP contribution is 2.42. The predicted molar refractivity (Wildman–Crippen MR) is 79.0 cm³/mol. The van der Waals surface area contributed by atoms with Gasteiger partial charge in [-0.15, -0.1) is 0 Å². The molecular formula is C16H31N. The lowest BCUT2D eigenvalue weighted by Gasteiger charge is -2.37. The quantitative estimate of drug-likeness (QED) is 0.646. The highest BCUT2D eigenvalue weighted by Gasteiger charge is 2.30. The van der Waals surface area contributed by atoms with Crippen LogP contribution in [0.2, 0.25) is 0 Å². The first kappa shape index (κ1) is 16.4. The van der Waals surface area contributed by atoms with Crippen molar-refractivity contribution in [1.29, 1.82) is 0 Å². The fourth-order valence-electron chi connectivity index (χ4n) is 2.48. The van der Waals surface area contributed by atoms with Gasteiger partial charge in [-0.3, -0.25) is 0 Å². The highest BCUT2D eigenvalue weighted by atomic mass is 14.5. The maximum Gasteiger partial charge on any atom is 0.0139 e. The summed E-state index contributed by atoms with van der Waals surface area (Å²) in [6, 6.07) is 0. The summed E-state index contributed by atoms with van der Waals surface area (Å²) in [6.07, 6.45) is 2.17.